The number of aromatic nitrogens is 3. The number of rotatable bonds is 5. The monoisotopic (exact) mass is 245 g/mol. The molecule has 0 saturated heterocycles. The minimum Gasteiger partial charge on any atom is -0.378 e. The highest BCUT2D eigenvalue weighted by molar-refractivity contribution is 5.73. The van der Waals surface area contributed by atoms with Gasteiger partial charge in [-0.15, -0.1) is 5.10 Å². The number of carbonyl (C=O) groups excluding carboxylic acids is 1. The number of aldehydes is 1. The van der Waals surface area contributed by atoms with Gasteiger partial charge < -0.3 is 4.74 Å². The van der Waals surface area contributed by atoms with Crippen LogP contribution >= 0.6 is 0 Å². The molecule has 0 N–H and O–H groups in total. The quantitative estimate of drug-likeness (QED) is 0.751. The second-order valence-electron chi connectivity index (χ2n) is 4.12. The van der Waals surface area contributed by atoms with E-state index in [1.807, 2.05) is 25.1 Å². The molecule has 0 saturated carbocycles. The Labute approximate surface area is 105 Å². The van der Waals surface area contributed by atoms with Gasteiger partial charge in [0.15, 0.2) is 12.0 Å². The van der Waals surface area contributed by atoms with Crippen LogP contribution in [0.2, 0.25) is 0 Å². The van der Waals surface area contributed by atoms with E-state index in [2.05, 4.69) is 16.4 Å². The molecule has 0 aliphatic carbocycles. The predicted octanol–water partition coefficient (Wildman–Crippen LogP) is 1.59. The van der Waals surface area contributed by atoms with Crippen molar-refractivity contribution in [3.8, 4) is 0 Å². The van der Waals surface area contributed by atoms with Crippen molar-refractivity contribution < 1.29 is 9.53 Å². The van der Waals surface area contributed by atoms with Gasteiger partial charge in [-0.05, 0) is 12.5 Å². The van der Waals surface area contributed by atoms with Crippen LogP contribution in [0.1, 0.15) is 27.3 Å². The minimum absolute atomic E-state index is 0.326. The fourth-order valence-electron chi connectivity index (χ4n) is 1.83. The highest BCUT2D eigenvalue weighted by atomic mass is 16.5. The first-order valence-electron chi connectivity index (χ1n) is 5.66. The fraction of sp³-hybridized carbons (Fsp3) is 0.308. The van der Waals surface area contributed by atoms with Crippen molar-refractivity contribution in [2.45, 2.75) is 20.1 Å². The molecule has 1 aromatic heterocycles. The van der Waals surface area contributed by atoms with E-state index in [-0.39, 0.29) is 0 Å². The molecule has 0 bridgehead atoms. The average Bonchev–Trinajstić information content (AvgIpc) is 2.72. The van der Waals surface area contributed by atoms with Crippen LogP contribution in [-0.4, -0.2) is 28.4 Å². The van der Waals surface area contributed by atoms with Crippen molar-refractivity contribution in [3.63, 3.8) is 0 Å². The molecule has 0 unspecified atom stereocenters. The molecule has 2 aromatic rings. The summed E-state index contributed by atoms with van der Waals surface area (Å²) < 4.78 is 6.77. The zero-order valence-corrected chi connectivity index (χ0v) is 10.5. The third-order valence-electron chi connectivity index (χ3n) is 2.68. The summed E-state index contributed by atoms with van der Waals surface area (Å²) in [7, 11) is 1.58. The van der Waals surface area contributed by atoms with Gasteiger partial charge in [-0.1, -0.05) is 35.0 Å². The number of methoxy groups -OCH3 is 1. The van der Waals surface area contributed by atoms with Gasteiger partial charge in [-0.25, -0.2) is 4.68 Å². The second-order valence-corrected chi connectivity index (χ2v) is 4.12. The summed E-state index contributed by atoms with van der Waals surface area (Å²) in [5, 5.41) is 7.82. The summed E-state index contributed by atoms with van der Waals surface area (Å²) in [5.41, 5.74) is 3.35. The highest BCUT2D eigenvalue weighted by Gasteiger charge is 2.12. The first-order chi connectivity index (χ1) is 8.74. The van der Waals surface area contributed by atoms with Crippen LogP contribution in [0.4, 0.5) is 0 Å². The number of aryl methyl sites for hydroxylation is 1. The summed E-state index contributed by atoms with van der Waals surface area (Å²) in [5.74, 6) is 0. The average molecular weight is 245 g/mol. The standard InChI is InChI=1S/C13H15N3O2/c1-10-4-3-5-11(6-10)7-16-13(9-18-2)12(8-17)14-15-16/h3-6,8H,7,9H2,1-2H3. The zero-order valence-electron chi connectivity index (χ0n) is 10.5. The third-order valence-corrected chi connectivity index (χ3v) is 2.68. The van der Waals surface area contributed by atoms with E-state index in [0.717, 1.165) is 5.56 Å². The number of hydrogen-bond donors (Lipinski definition) is 0. The molecular weight excluding hydrogens is 230 g/mol. The topological polar surface area (TPSA) is 57.0 Å². The van der Waals surface area contributed by atoms with Crippen LogP contribution in [0.5, 0.6) is 0 Å². The summed E-state index contributed by atoms with van der Waals surface area (Å²) >= 11 is 0. The van der Waals surface area contributed by atoms with E-state index in [1.165, 1.54) is 5.56 Å². The van der Waals surface area contributed by atoms with E-state index in [1.54, 1.807) is 11.8 Å². The van der Waals surface area contributed by atoms with Crippen LogP contribution in [0.15, 0.2) is 24.3 Å². The van der Waals surface area contributed by atoms with E-state index < -0.39 is 0 Å². The number of hydrogen-bond acceptors (Lipinski definition) is 4. The van der Waals surface area contributed by atoms with E-state index in [0.29, 0.717) is 30.8 Å². The molecule has 0 aliphatic heterocycles. The molecule has 18 heavy (non-hydrogen) atoms. The van der Waals surface area contributed by atoms with Crippen molar-refractivity contribution in [1.82, 2.24) is 15.0 Å². The molecule has 0 spiro atoms. The van der Waals surface area contributed by atoms with Crippen molar-refractivity contribution in [2.24, 2.45) is 0 Å². The lowest BCUT2D eigenvalue weighted by Crippen LogP contribution is -2.08. The van der Waals surface area contributed by atoms with Crippen molar-refractivity contribution >= 4 is 6.29 Å². The molecule has 0 fully saturated rings. The number of benzene rings is 1. The molecule has 1 aromatic carbocycles. The molecule has 94 valence electrons. The van der Waals surface area contributed by atoms with Gasteiger partial charge in [0, 0.05) is 7.11 Å². The first kappa shape index (κ1) is 12.4. The van der Waals surface area contributed by atoms with Gasteiger partial charge in [0.25, 0.3) is 0 Å². The zero-order chi connectivity index (χ0) is 13.0. The van der Waals surface area contributed by atoms with E-state index >= 15 is 0 Å². The predicted molar refractivity (Wildman–Crippen MR) is 66.4 cm³/mol. The lowest BCUT2D eigenvalue weighted by molar-refractivity contribution is 0.111. The molecule has 0 atom stereocenters. The van der Waals surface area contributed by atoms with Crippen LogP contribution < -0.4 is 0 Å². The Bertz CT molecular complexity index is 549. The Kier molecular flexibility index (Phi) is 3.84. The number of carbonyl (C=O) groups is 1. The Hall–Kier alpha value is -2.01. The summed E-state index contributed by atoms with van der Waals surface area (Å²) in [4.78, 5) is 10.9. The van der Waals surface area contributed by atoms with Gasteiger partial charge in [-0.2, -0.15) is 0 Å². The molecule has 5 heteroatoms. The van der Waals surface area contributed by atoms with Gasteiger partial charge in [-0.3, -0.25) is 4.79 Å². The Morgan fingerprint density at radius 3 is 2.94 bits per heavy atom. The summed E-state index contributed by atoms with van der Waals surface area (Å²) in [6, 6.07) is 8.14. The maximum Gasteiger partial charge on any atom is 0.172 e. The van der Waals surface area contributed by atoms with Gasteiger partial charge in [0.05, 0.1) is 18.8 Å². The molecule has 1 heterocycles. The lowest BCUT2D eigenvalue weighted by Gasteiger charge is -2.06. The molecule has 0 aliphatic rings. The minimum atomic E-state index is 0.326. The molecule has 0 radical (unpaired) electrons. The summed E-state index contributed by atoms with van der Waals surface area (Å²) in [6.07, 6.45) is 0.702. The number of nitrogens with zero attached hydrogens (tertiary/aromatic N) is 3. The normalized spacial score (nSPS) is 10.6. The first-order valence-corrected chi connectivity index (χ1v) is 5.66. The SMILES string of the molecule is COCc1c(C=O)nnn1Cc1cccc(C)c1. The highest BCUT2D eigenvalue weighted by Crippen LogP contribution is 2.10. The Morgan fingerprint density at radius 1 is 1.44 bits per heavy atom. The van der Waals surface area contributed by atoms with Gasteiger partial charge >= 0.3 is 0 Å². The molecule has 0 amide bonds. The van der Waals surface area contributed by atoms with Crippen molar-refractivity contribution in [3.05, 3.63) is 46.8 Å². The van der Waals surface area contributed by atoms with E-state index in [9.17, 15) is 4.79 Å². The summed E-state index contributed by atoms with van der Waals surface area (Å²) in [6.45, 7) is 2.95. The molecule has 5 nitrogen and oxygen atoms in total. The van der Waals surface area contributed by atoms with Crippen LogP contribution in [-0.2, 0) is 17.9 Å². The lowest BCUT2D eigenvalue weighted by atomic mass is 10.1. The smallest absolute Gasteiger partial charge is 0.172 e. The second kappa shape index (κ2) is 5.55. The number of ether oxygens (including phenoxy) is 1. The fourth-order valence-corrected chi connectivity index (χ4v) is 1.83. The molecule has 2 rings (SSSR count). The van der Waals surface area contributed by atoms with Crippen molar-refractivity contribution in [2.75, 3.05) is 7.11 Å². The Balaban J connectivity index is 2.28. The third kappa shape index (κ3) is 2.62. The van der Waals surface area contributed by atoms with Gasteiger partial charge in [0.1, 0.15) is 0 Å². The maximum absolute atomic E-state index is 10.9. The van der Waals surface area contributed by atoms with Crippen LogP contribution in [0, 0.1) is 6.92 Å². The largest absolute Gasteiger partial charge is 0.378 e. The molecular formula is C13H15N3O2. The van der Waals surface area contributed by atoms with Gasteiger partial charge in [0.2, 0.25) is 0 Å². The van der Waals surface area contributed by atoms with Crippen LogP contribution in [0.3, 0.4) is 0 Å². The van der Waals surface area contributed by atoms with Crippen molar-refractivity contribution in [1.29, 1.82) is 0 Å². The van der Waals surface area contributed by atoms with E-state index in [4.69, 9.17) is 4.74 Å². The maximum atomic E-state index is 10.9. The Morgan fingerprint density at radius 2 is 2.28 bits per heavy atom. The van der Waals surface area contributed by atoms with Crippen LogP contribution in [0.25, 0.3) is 0 Å².